The molecule has 0 aromatic heterocycles. The minimum Gasteiger partial charge on any atom is -0.394 e. The Morgan fingerprint density at radius 2 is 2.11 bits per heavy atom. The Balaban J connectivity index is 2.01. The Labute approximate surface area is 121 Å². The van der Waals surface area contributed by atoms with Gasteiger partial charge in [0.2, 0.25) is 0 Å². The summed E-state index contributed by atoms with van der Waals surface area (Å²) in [6, 6.07) is 5.49. The molecule has 1 aliphatic rings. The second kappa shape index (κ2) is 5.92. The third kappa shape index (κ3) is 3.48. The maximum absolute atomic E-state index is 12.0. The van der Waals surface area contributed by atoms with Crippen molar-refractivity contribution in [3.05, 3.63) is 28.2 Å². The molecule has 104 valence electrons. The highest BCUT2D eigenvalue weighted by molar-refractivity contribution is 9.10. The molecule has 2 amide bonds. The zero-order valence-electron chi connectivity index (χ0n) is 11.0. The smallest absolute Gasteiger partial charge is 0.319 e. The molecule has 0 atom stereocenters. The van der Waals surface area contributed by atoms with Gasteiger partial charge in [0.1, 0.15) is 0 Å². The Bertz CT molecular complexity index is 471. The fourth-order valence-electron chi connectivity index (χ4n) is 2.49. The number of benzene rings is 1. The summed E-state index contributed by atoms with van der Waals surface area (Å²) in [7, 11) is 0. The average molecular weight is 327 g/mol. The number of amides is 2. The minimum atomic E-state index is -0.443. The summed E-state index contributed by atoms with van der Waals surface area (Å²) in [6.45, 7) is 1.99. The zero-order valence-corrected chi connectivity index (χ0v) is 12.6. The van der Waals surface area contributed by atoms with E-state index in [2.05, 4.69) is 26.6 Å². The number of aliphatic hydroxyl groups is 1. The highest BCUT2D eigenvalue weighted by atomic mass is 79.9. The van der Waals surface area contributed by atoms with E-state index in [1.165, 1.54) is 0 Å². The van der Waals surface area contributed by atoms with Gasteiger partial charge in [0.25, 0.3) is 0 Å². The normalized spacial score (nSPS) is 17.2. The summed E-state index contributed by atoms with van der Waals surface area (Å²) >= 11 is 3.43. The van der Waals surface area contributed by atoms with Gasteiger partial charge in [-0.25, -0.2) is 4.79 Å². The number of nitrogens with one attached hydrogen (secondary N) is 2. The number of carbonyl (C=O) groups excluding carboxylic acids is 1. The number of urea groups is 1. The van der Waals surface area contributed by atoms with Crippen LogP contribution < -0.4 is 10.6 Å². The van der Waals surface area contributed by atoms with E-state index in [9.17, 15) is 9.90 Å². The van der Waals surface area contributed by atoms with Gasteiger partial charge in [0.15, 0.2) is 0 Å². The molecule has 0 aliphatic heterocycles. The van der Waals surface area contributed by atoms with Gasteiger partial charge in [0, 0.05) is 4.47 Å². The van der Waals surface area contributed by atoms with Crippen LogP contribution in [0.4, 0.5) is 10.5 Å². The number of rotatable bonds is 3. The first-order valence-corrected chi connectivity index (χ1v) is 7.30. The molecule has 1 aromatic rings. The summed E-state index contributed by atoms with van der Waals surface area (Å²) in [5, 5.41) is 15.2. The quantitative estimate of drug-likeness (QED) is 0.798. The van der Waals surface area contributed by atoms with Crippen molar-refractivity contribution in [2.45, 2.75) is 38.1 Å². The zero-order chi connectivity index (χ0) is 13.9. The van der Waals surface area contributed by atoms with Crippen molar-refractivity contribution in [1.29, 1.82) is 0 Å². The second-order valence-corrected chi connectivity index (χ2v) is 6.06. The van der Waals surface area contributed by atoms with Gasteiger partial charge in [-0.2, -0.15) is 0 Å². The molecule has 0 bridgehead atoms. The lowest BCUT2D eigenvalue weighted by molar-refractivity contribution is 0.167. The van der Waals surface area contributed by atoms with Crippen molar-refractivity contribution in [2.75, 3.05) is 11.9 Å². The Hall–Kier alpha value is -1.07. The van der Waals surface area contributed by atoms with E-state index in [1.54, 1.807) is 0 Å². The lowest BCUT2D eigenvalue weighted by Crippen LogP contribution is -2.50. The Morgan fingerprint density at radius 3 is 2.68 bits per heavy atom. The topological polar surface area (TPSA) is 61.4 Å². The molecule has 19 heavy (non-hydrogen) atoms. The summed E-state index contributed by atoms with van der Waals surface area (Å²) in [6.07, 6.45) is 3.78. The van der Waals surface area contributed by atoms with Gasteiger partial charge in [-0.3, -0.25) is 0 Å². The van der Waals surface area contributed by atoms with Gasteiger partial charge in [-0.1, -0.05) is 18.9 Å². The van der Waals surface area contributed by atoms with Crippen LogP contribution in [-0.2, 0) is 0 Å². The van der Waals surface area contributed by atoms with Crippen molar-refractivity contribution < 1.29 is 9.90 Å². The largest absolute Gasteiger partial charge is 0.394 e. The van der Waals surface area contributed by atoms with Gasteiger partial charge in [-0.05, 0) is 53.4 Å². The summed E-state index contributed by atoms with van der Waals surface area (Å²) < 4.78 is 0.854. The highest BCUT2D eigenvalue weighted by Gasteiger charge is 2.34. The first kappa shape index (κ1) is 14.3. The number of aryl methyl sites for hydroxylation is 1. The number of anilines is 1. The van der Waals surface area contributed by atoms with Gasteiger partial charge in [0.05, 0.1) is 17.8 Å². The van der Waals surface area contributed by atoms with E-state index in [-0.39, 0.29) is 12.6 Å². The van der Waals surface area contributed by atoms with Crippen LogP contribution in [-0.4, -0.2) is 23.3 Å². The monoisotopic (exact) mass is 326 g/mol. The van der Waals surface area contributed by atoms with Crippen molar-refractivity contribution >= 4 is 27.6 Å². The molecule has 0 saturated heterocycles. The fraction of sp³-hybridized carbons (Fsp3) is 0.500. The molecule has 1 aliphatic carbocycles. The Morgan fingerprint density at radius 1 is 1.42 bits per heavy atom. The van der Waals surface area contributed by atoms with Crippen LogP contribution in [0.15, 0.2) is 22.7 Å². The maximum atomic E-state index is 12.0. The van der Waals surface area contributed by atoms with E-state index in [1.807, 2.05) is 25.1 Å². The van der Waals surface area contributed by atoms with E-state index in [4.69, 9.17) is 0 Å². The molecule has 1 fully saturated rings. The molecule has 0 radical (unpaired) electrons. The van der Waals surface area contributed by atoms with Crippen LogP contribution in [0.2, 0.25) is 0 Å². The molecule has 2 rings (SSSR count). The third-order valence-electron chi connectivity index (χ3n) is 3.61. The third-order valence-corrected chi connectivity index (χ3v) is 4.27. The molecule has 1 saturated carbocycles. The van der Waals surface area contributed by atoms with Crippen molar-refractivity contribution in [2.24, 2.45) is 0 Å². The number of hydrogen-bond acceptors (Lipinski definition) is 2. The Kier molecular flexibility index (Phi) is 4.47. The van der Waals surface area contributed by atoms with Crippen LogP contribution in [0, 0.1) is 6.92 Å². The molecule has 4 nitrogen and oxygen atoms in total. The van der Waals surface area contributed by atoms with E-state index >= 15 is 0 Å². The molecule has 0 unspecified atom stereocenters. The summed E-state index contributed by atoms with van der Waals surface area (Å²) in [5.74, 6) is 0. The van der Waals surface area contributed by atoms with Crippen LogP contribution >= 0.6 is 15.9 Å². The molecular formula is C14H19BrN2O2. The van der Waals surface area contributed by atoms with E-state index in [0.717, 1.165) is 41.4 Å². The lowest BCUT2D eigenvalue weighted by atomic mass is 9.99. The van der Waals surface area contributed by atoms with Crippen LogP contribution in [0.5, 0.6) is 0 Å². The van der Waals surface area contributed by atoms with Crippen LogP contribution in [0.3, 0.4) is 0 Å². The molecule has 5 heteroatoms. The van der Waals surface area contributed by atoms with Crippen molar-refractivity contribution in [3.63, 3.8) is 0 Å². The van der Waals surface area contributed by atoms with E-state index < -0.39 is 5.54 Å². The molecule has 0 heterocycles. The predicted octanol–water partition coefficient (Wildman–Crippen LogP) is 3.18. The maximum Gasteiger partial charge on any atom is 0.319 e. The summed E-state index contributed by atoms with van der Waals surface area (Å²) in [5.41, 5.74) is 1.41. The number of hydrogen-bond donors (Lipinski definition) is 3. The summed E-state index contributed by atoms with van der Waals surface area (Å²) in [4.78, 5) is 12.0. The first-order valence-electron chi connectivity index (χ1n) is 6.51. The number of aliphatic hydroxyl groups excluding tert-OH is 1. The molecule has 1 aromatic carbocycles. The number of carbonyl (C=O) groups is 1. The standard InChI is InChI=1S/C14H19BrN2O2/c1-10-4-5-12(11(15)8-10)16-13(19)17-14(9-18)6-2-3-7-14/h4-5,8,18H,2-3,6-7,9H2,1H3,(H2,16,17,19). The van der Waals surface area contributed by atoms with Crippen molar-refractivity contribution in [1.82, 2.24) is 5.32 Å². The number of halogens is 1. The van der Waals surface area contributed by atoms with Gasteiger partial charge >= 0.3 is 6.03 Å². The van der Waals surface area contributed by atoms with Crippen molar-refractivity contribution in [3.8, 4) is 0 Å². The minimum absolute atomic E-state index is 0.00448. The molecule has 0 spiro atoms. The van der Waals surface area contributed by atoms with E-state index in [0.29, 0.717) is 0 Å². The van der Waals surface area contributed by atoms with Gasteiger partial charge < -0.3 is 15.7 Å². The first-order chi connectivity index (χ1) is 9.04. The van der Waals surface area contributed by atoms with Crippen LogP contribution in [0.1, 0.15) is 31.2 Å². The van der Waals surface area contributed by atoms with Gasteiger partial charge in [-0.15, -0.1) is 0 Å². The lowest BCUT2D eigenvalue weighted by Gasteiger charge is -2.28. The van der Waals surface area contributed by atoms with Crippen LogP contribution in [0.25, 0.3) is 0 Å². The second-order valence-electron chi connectivity index (χ2n) is 5.21. The fourth-order valence-corrected chi connectivity index (χ4v) is 3.08. The SMILES string of the molecule is Cc1ccc(NC(=O)NC2(CO)CCCC2)c(Br)c1. The predicted molar refractivity (Wildman–Crippen MR) is 79.3 cm³/mol. The molecule has 3 N–H and O–H groups in total. The highest BCUT2D eigenvalue weighted by Crippen LogP contribution is 2.29. The average Bonchev–Trinajstić information content (AvgIpc) is 2.82. The molecular weight excluding hydrogens is 308 g/mol.